The second-order valence-corrected chi connectivity index (χ2v) is 4.35. The molecule has 16 heavy (non-hydrogen) atoms. The van der Waals surface area contributed by atoms with Gasteiger partial charge in [-0.1, -0.05) is 0 Å². The van der Waals surface area contributed by atoms with Crippen LogP contribution >= 0.6 is 0 Å². The van der Waals surface area contributed by atoms with Gasteiger partial charge in [-0.15, -0.1) is 0 Å². The zero-order chi connectivity index (χ0) is 11.8. The summed E-state index contributed by atoms with van der Waals surface area (Å²) in [5, 5.41) is 0. The van der Waals surface area contributed by atoms with Crippen molar-refractivity contribution in [3.8, 4) is 5.75 Å². The van der Waals surface area contributed by atoms with Crippen LogP contribution in [0.2, 0.25) is 0 Å². The number of aromatic nitrogens is 2. The molecule has 0 saturated carbocycles. The first-order valence-electron chi connectivity index (χ1n) is 4.89. The molecular weight excluding hydrogens is 208 g/mol. The van der Waals surface area contributed by atoms with Gasteiger partial charge in [-0.25, -0.2) is 4.98 Å². The average Bonchev–Trinajstić information content (AvgIpc) is 2.59. The number of rotatable bonds is 2. The molecule has 0 N–H and O–H groups in total. The number of carbonyl (C=O) groups is 1. The van der Waals surface area contributed by atoms with E-state index in [9.17, 15) is 4.79 Å². The summed E-state index contributed by atoms with van der Waals surface area (Å²) in [4.78, 5) is 18.4. The van der Waals surface area contributed by atoms with Crippen LogP contribution in [-0.2, 0) is 0 Å². The van der Waals surface area contributed by atoms with E-state index in [4.69, 9.17) is 9.15 Å². The molecule has 5 heteroatoms. The molecule has 0 aliphatic rings. The zero-order valence-electron chi connectivity index (χ0n) is 9.35. The predicted octanol–water partition coefficient (Wildman–Crippen LogP) is 2.21. The van der Waals surface area contributed by atoms with E-state index in [2.05, 4.69) is 9.97 Å². The molecule has 0 spiro atoms. The number of pyridine rings is 1. The largest absolute Gasteiger partial charge is 0.484 e. The lowest BCUT2D eigenvalue weighted by Gasteiger charge is -2.20. The summed E-state index contributed by atoms with van der Waals surface area (Å²) in [6.07, 6.45) is 2.11. The number of oxazole rings is 1. The molecule has 84 valence electrons. The summed E-state index contributed by atoms with van der Waals surface area (Å²) < 4.78 is 10.9. The Morgan fingerprint density at radius 1 is 1.44 bits per heavy atom. The van der Waals surface area contributed by atoms with Crippen molar-refractivity contribution in [1.29, 1.82) is 0 Å². The Morgan fingerprint density at radius 2 is 2.19 bits per heavy atom. The fourth-order valence-corrected chi connectivity index (χ4v) is 1.29. The number of nitrogens with zero attached hydrogens (tertiary/aromatic N) is 2. The lowest BCUT2D eigenvalue weighted by molar-refractivity contribution is 0.109. The van der Waals surface area contributed by atoms with Crippen molar-refractivity contribution in [2.45, 2.75) is 26.4 Å². The number of fused-ring (bicyclic) bond motifs is 1. The van der Waals surface area contributed by atoms with Gasteiger partial charge in [0, 0.05) is 12.3 Å². The molecule has 0 saturated heterocycles. The average molecular weight is 220 g/mol. The molecule has 0 aliphatic carbocycles. The molecule has 0 unspecified atom stereocenters. The van der Waals surface area contributed by atoms with Gasteiger partial charge in [0.15, 0.2) is 5.75 Å². The van der Waals surface area contributed by atoms with Gasteiger partial charge in [0.25, 0.3) is 5.89 Å². The molecular formula is C11H12N2O3. The van der Waals surface area contributed by atoms with Gasteiger partial charge in [0.1, 0.15) is 5.60 Å². The van der Waals surface area contributed by atoms with Crippen LogP contribution < -0.4 is 4.74 Å². The van der Waals surface area contributed by atoms with Gasteiger partial charge in [-0.2, -0.15) is 4.98 Å². The smallest absolute Gasteiger partial charge is 0.262 e. The SMILES string of the molecule is CC(C)(C)Oc1ccnc2nc(C=O)oc12. The molecule has 2 aromatic heterocycles. The minimum Gasteiger partial charge on any atom is -0.484 e. The van der Waals surface area contributed by atoms with E-state index in [-0.39, 0.29) is 11.5 Å². The second kappa shape index (κ2) is 3.59. The van der Waals surface area contributed by atoms with Crippen LogP contribution in [0.3, 0.4) is 0 Å². The fourth-order valence-electron chi connectivity index (χ4n) is 1.29. The Morgan fingerprint density at radius 3 is 2.81 bits per heavy atom. The molecule has 0 atom stereocenters. The van der Waals surface area contributed by atoms with E-state index >= 15 is 0 Å². The van der Waals surface area contributed by atoms with E-state index in [1.807, 2.05) is 20.8 Å². The summed E-state index contributed by atoms with van der Waals surface area (Å²) in [6.45, 7) is 5.78. The molecule has 5 nitrogen and oxygen atoms in total. The first-order valence-corrected chi connectivity index (χ1v) is 4.89. The third-order valence-corrected chi connectivity index (χ3v) is 1.79. The van der Waals surface area contributed by atoms with Crippen molar-refractivity contribution < 1.29 is 13.9 Å². The van der Waals surface area contributed by atoms with Gasteiger partial charge in [0.05, 0.1) is 0 Å². The summed E-state index contributed by atoms with van der Waals surface area (Å²) in [7, 11) is 0. The molecule has 0 fully saturated rings. The molecule has 0 bridgehead atoms. The Labute approximate surface area is 92.4 Å². The van der Waals surface area contributed by atoms with Gasteiger partial charge >= 0.3 is 0 Å². The maximum absolute atomic E-state index is 10.5. The monoisotopic (exact) mass is 220 g/mol. The standard InChI is InChI=1S/C11H12N2O3/c1-11(2,3)16-7-4-5-12-10-9(7)15-8(6-14)13-10/h4-6H,1-3H3. The third-order valence-electron chi connectivity index (χ3n) is 1.79. The van der Waals surface area contributed by atoms with Crippen LogP contribution in [0.25, 0.3) is 11.2 Å². The van der Waals surface area contributed by atoms with Crippen molar-refractivity contribution in [3.63, 3.8) is 0 Å². The molecule has 0 radical (unpaired) electrons. The normalized spacial score (nSPS) is 11.7. The van der Waals surface area contributed by atoms with Gasteiger partial charge < -0.3 is 9.15 Å². The van der Waals surface area contributed by atoms with Crippen LogP contribution in [0, 0.1) is 0 Å². The minimum atomic E-state index is -0.345. The van der Waals surface area contributed by atoms with E-state index in [0.717, 1.165) is 0 Å². The first kappa shape index (κ1) is 10.6. The quantitative estimate of drug-likeness (QED) is 0.726. The number of ether oxygens (including phenoxy) is 1. The minimum absolute atomic E-state index is 0.00691. The van der Waals surface area contributed by atoms with Crippen LogP contribution in [-0.4, -0.2) is 21.9 Å². The van der Waals surface area contributed by atoms with Crippen molar-refractivity contribution in [2.75, 3.05) is 0 Å². The van der Waals surface area contributed by atoms with Crippen LogP contribution in [0.5, 0.6) is 5.75 Å². The van der Waals surface area contributed by atoms with Gasteiger partial charge in [-0.3, -0.25) is 4.79 Å². The zero-order valence-corrected chi connectivity index (χ0v) is 9.35. The highest BCUT2D eigenvalue weighted by atomic mass is 16.5. The van der Waals surface area contributed by atoms with Crippen LogP contribution in [0.1, 0.15) is 31.5 Å². The maximum Gasteiger partial charge on any atom is 0.262 e. The Kier molecular flexibility index (Phi) is 2.38. The lowest BCUT2D eigenvalue weighted by atomic mass is 10.2. The summed E-state index contributed by atoms with van der Waals surface area (Å²) in [6, 6.07) is 1.69. The van der Waals surface area contributed by atoms with Crippen molar-refractivity contribution in [1.82, 2.24) is 9.97 Å². The molecule has 2 rings (SSSR count). The summed E-state index contributed by atoms with van der Waals surface area (Å²) >= 11 is 0. The molecule has 0 amide bonds. The van der Waals surface area contributed by atoms with Crippen molar-refractivity contribution >= 4 is 17.5 Å². The van der Waals surface area contributed by atoms with Gasteiger partial charge in [0.2, 0.25) is 17.5 Å². The topological polar surface area (TPSA) is 65.2 Å². The van der Waals surface area contributed by atoms with Crippen molar-refractivity contribution in [3.05, 3.63) is 18.2 Å². The highest BCUT2D eigenvalue weighted by Crippen LogP contribution is 2.27. The lowest BCUT2D eigenvalue weighted by Crippen LogP contribution is -2.23. The first-order chi connectivity index (χ1) is 7.49. The highest BCUT2D eigenvalue weighted by Gasteiger charge is 2.17. The number of hydrogen-bond acceptors (Lipinski definition) is 5. The van der Waals surface area contributed by atoms with Crippen LogP contribution in [0.15, 0.2) is 16.7 Å². The van der Waals surface area contributed by atoms with Gasteiger partial charge in [-0.05, 0) is 20.8 Å². The maximum atomic E-state index is 10.5. The molecule has 0 aromatic carbocycles. The van der Waals surface area contributed by atoms with E-state index < -0.39 is 0 Å². The molecule has 2 heterocycles. The fraction of sp³-hybridized carbons (Fsp3) is 0.364. The van der Waals surface area contributed by atoms with E-state index in [1.165, 1.54) is 0 Å². The number of carbonyl (C=O) groups excluding carboxylic acids is 1. The van der Waals surface area contributed by atoms with Crippen molar-refractivity contribution in [2.24, 2.45) is 0 Å². The molecule has 0 aliphatic heterocycles. The summed E-state index contributed by atoms with van der Waals surface area (Å²) in [5.41, 5.74) is 0.436. The summed E-state index contributed by atoms with van der Waals surface area (Å²) in [5.74, 6) is 0.547. The number of hydrogen-bond donors (Lipinski definition) is 0. The van der Waals surface area contributed by atoms with E-state index in [1.54, 1.807) is 12.3 Å². The Bertz CT molecular complexity index is 525. The predicted molar refractivity (Wildman–Crippen MR) is 57.6 cm³/mol. The van der Waals surface area contributed by atoms with E-state index in [0.29, 0.717) is 23.3 Å². The number of aldehydes is 1. The highest BCUT2D eigenvalue weighted by molar-refractivity contribution is 5.80. The second-order valence-electron chi connectivity index (χ2n) is 4.35. The Balaban J connectivity index is 2.52. The molecule has 2 aromatic rings. The Hall–Kier alpha value is -1.91. The van der Waals surface area contributed by atoms with Crippen LogP contribution in [0.4, 0.5) is 0 Å². The third kappa shape index (κ3) is 2.03.